The van der Waals surface area contributed by atoms with Crippen LogP contribution in [0.15, 0.2) is 54.6 Å². The number of carbonyl (C=O) groups is 2. The van der Waals surface area contributed by atoms with Crippen molar-refractivity contribution >= 4 is 17.4 Å². The molecule has 3 rings (SSSR count). The largest absolute Gasteiger partial charge is 0.493 e. The Labute approximate surface area is 170 Å². The molecule has 1 heterocycles. The van der Waals surface area contributed by atoms with E-state index >= 15 is 0 Å². The molecule has 0 aromatic heterocycles. The molecule has 0 saturated heterocycles. The van der Waals surface area contributed by atoms with Gasteiger partial charge >= 0.3 is 5.97 Å². The van der Waals surface area contributed by atoms with E-state index in [4.69, 9.17) is 14.2 Å². The number of carbonyl (C=O) groups excluding carboxylic acids is 2. The van der Waals surface area contributed by atoms with Gasteiger partial charge in [-0.05, 0) is 42.7 Å². The highest BCUT2D eigenvalue weighted by Crippen LogP contribution is 2.28. The van der Waals surface area contributed by atoms with Crippen molar-refractivity contribution in [2.24, 2.45) is 0 Å². The summed E-state index contributed by atoms with van der Waals surface area (Å²) in [7, 11) is 1.50. The summed E-state index contributed by atoms with van der Waals surface area (Å²) in [6.07, 6.45) is 2.83. The molecule has 6 nitrogen and oxygen atoms in total. The predicted molar refractivity (Wildman–Crippen MR) is 110 cm³/mol. The summed E-state index contributed by atoms with van der Waals surface area (Å²) in [5, 5.41) is 0. The first-order chi connectivity index (χ1) is 14.1. The van der Waals surface area contributed by atoms with Crippen molar-refractivity contribution in [3.8, 4) is 11.5 Å². The van der Waals surface area contributed by atoms with Crippen molar-refractivity contribution in [3.63, 3.8) is 0 Å². The fourth-order valence-electron chi connectivity index (χ4n) is 3.18. The van der Waals surface area contributed by atoms with Crippen LogP contribution in [0.3, 0.4) is 0 Å². The third-order valence-electron chi connectivity index (χ3n) is 4.73. The maximum atomic E-state index is 12.4. The Morgan fingerprint density at radius 1 is 1.07 bits per heavy atom. The van der Waals surface area contributed by atoms with Crippen LogP contribution in [-0.2, 0) is 9.53 Å². The number of benzene rings is 2. The standard InChI is InChI=1S/C23H25NO5/c1-3-28-20-10-9-19(15-21(20)27-2)23(26)29-16-22(25)24-13-11-18(12-14-24)17-7-5-4-6-8-17/h4-11,15H,3,12-14,16H2,1-2H3. The van der Waals surface area contributed by atoms with Crippen molar-refractivity contribution in [1.82, 2.24) is 4.90 Å². The number of ether oxygens (including phenoxy) is 3. The molecule has 0 aliphatic carbocycles. The smallest absolute Gasteiger partial charge is 0.338 e. The SMILES string of the molecule is CCOc1ccc(C(=O)OCC(=O)N2CC=C(c3ccccc3)CC2)cc1OC. The van der Waals surface area contributed by atoms with Gasteiger partial charge in [-0.1, -0.05) is 36.4 Å². The molecule has 1 aliphatic heterocycles. The third kappa shape index (κ3) is 5.16. The number of amides is 1. The highest BCUT2D eigenvalue weighted by atomic mass is 16.5. The Hall–Kier alpha value is -3.28. The first kappa shape index (κ1) is 20.5. The van der Waals surface area contributed by atoms with Gasteiger partial charge in [0.15, 0.2) is 18.1 Å². The summed E-state index contributed by atoms with van der Waals surface area (Å²) >= 11 is 0. The minimum atomic E-state index is -0.572. The summed E-state index contributed by atoms with van der Waals surface area (Å²) in [6, 6.07) is 14.9. The number of esters is 1. The van der Waals surface area contributed by atoms with Crippen LogP contribution in [0.5, 0.6) is 11.5 Å². The molecule has 0 saturated carbocycles. The molecule has 1 aliphatic rings. The van der Waals surface area contributed by atoms with E-state index in [1.165, 1.54) is 18.2 Å². The van der Waals surface area contributed by atoms with Crippen molar-refractivity contribution in [2.75, 3.05) is 33.4 Å². The van der Waals surface area contributed by atoms with Crippen molar-refractivity contribution in [2.45, 2.75) is 13.3 Å². The van der Waals surface area contributed by atoms with Crippen LogP contribution in [0.4, 0.5) is 0 Å². The van der Waals surface area contributed by atoms with Gasteiger partial charge in [0.25, 0.3) is 5.91 Å². The molecule has 0 N–H and O–H groups in total. The van der Waals surface area contributed by atoms with Gasteiger partial charge in [-0.15, -0.1) is 0 Å². The van der Waals surface area contributed by atoms with Gasteiger partial charge in [0.1, 0.15) is 0 Å². The zero-order chi connectivity index (χ0) is 20.6. The van der Waals surface area contributed by atoms with E-state index in [1.54, 1.807) is 23.1 Å². The van der Waals surface area contributed by atoms with E-state index in [2.05, 4.69) is 18.2 Å². The zero-order valence-electron chi connectivity index (χ0n) is 16.7. The second kappa shape index (κ2) is 9.78. The summed E-state index contributed by atoms with van der Waals surface area (Å²) in [5.74, 6) is 0.219. The monoisotopic (exact) mass is 395 g/mol. The van der Waals surface area contributed by atoms with E-state index in [1.807, 2.05) is 25.1 Å². The minimum absolute atomic E-state index is 0.209. The van der Waals surface area contributed by atoms with Crippen molar-refractivity contribution in [3.05, 3.63) is 65.7 Å². The lowest BCUT2D eigenvalue weighted by molar-refractivity contribution is -0.134. The molecule has 0 radical (unpaired) electrons. The number of rotatable bonds is 7. The van der Waals surface area contributed by atoms with Crippen LogP contribution < -0.4 is 9.47 Å². The van der Waals surface area contributed by atoms with Crippen LogP contribution in [0.2, 0.25) is 0 Å². The Bertz CT molecular complexity index is 891. The van der Waals surface area contributed by atoms with Gasteiger partial charge in [-0.25, -0.2) is 4.79 Å². The lowest BCUT2D eigenvalue weighted by Crippen LogP contribution is -2.37. The molecular weight excluding hydrogens is 370 g/mol. The Morgan fingerprint density at radius 2 is 1.86 bits per heavy atom. The average Bonchev–Trinajstić information content (AvgIpc) is 2.78. The highest BCUT2D eigenvalue weighted by molar-refractivity contribution is 5.92. The Kier molecular flexibility index (Phi) is 6.89. The van der Waals surface area contributed by atoms with Gasteiger partial charge in [0.05, 0.1) is 19.3 Å². The van der Waals surface area contributed by atoms with Gasteiger partial charge in [0.2, 0.25) is 0 Å². The van der Waals surface area contributed by atoms with Gasteiger partial charge < -0.3 is 19.1 Å². The quantitative estimate of drug-likeness (QED) is 0.671. The van der Waals surface area contributed by atoms with Crippen LogP contribution >= 0.6 is 0 Å². The van der Waals surface area contributed by atoms with Crippen LogP contribution in [0.25, 0.3) is 5.57 Å². The van der Waals surface area contributed by atoms with Gasteiger partial charge in [-0.2, -0.15) is 0 Å². The zero-order valence-corrected chi connectivity index (χ0v) is 16.7. The topological polar surface area (TPSA) is 65.1 Å². The first-order valence-corrected chi connectivity index (χ1v) is 9.62. The van der Waals surface area contributed by atoms with Crippen LogP contribution in [0.1, 0.15) is 29.3 Å². The van der Waals surface area contributed by atoms with E-state index in [0.717, 1.165) is 6.42 Å². The minimum Gasteiger partial charge on any atom is -0.493 e. The second-order valence-corrected chi connectivity index (χ2v) is 6.56. The van der Waals surface area contributed by atoms with Crippen molar-refractivity contribution < 1.29 is 23.8 Å². The Balaban J connectivity index is 1.54. The summed E-state index contributed by atoms with van der Waals surface area (Å²) in [6.45, 7) is 3.19. The molecule has 0 atom stereocenters. The molecule has 0 unspecified atom stereocenters. The fraction of sp³-hybridized carbons (Fsp3) is 0.304. The first-order valence-electron chi connectivity index (χ1n) is 9.62. The molecule has 6 heteroatoms. The third-order valence-corrected chi connectivity index (χ3v) is 4.73. The van der Waals surface area contributed by atoms with Crippen molar-refractivity contribution in [1.29, 1.82) is 0 Å². The fourth-order valence-corrected chi connectivity index (χ4v) is 3.18. The maximum absolute atomic E-state index is 12.4. The van der Waals surface area contributed by atoms with Crippen LogP contribution in [-0.4, -0.2) is 50.2 Å². The molecule has 2 aromatic rings. The molecule has 152 valence electrons. The predicted octanol–water partition coefficient (Wildman–Crippen LogP) is 3.57. The molecule has 29 heavy (non-hydrogen) atoms. The lowest BCUT2D eigenvalue weighted by atomic mass is 10.00. The average molecular weight is 395 g/mol. The number of nitrogens with zero attached hydrogens (tertiary/aromatic N) is 1. The number of methoxy groups -OCH3 is 1. The summed E-state index contributed by atoms with van der Waals surface area (Å²) in [5.41, 5.74) is 2.71. The second-order valence-electron chi connectivity index (χ2n) is 6.56. The number of hydrogen-bond acceptors (Lipinski definition) is 5. The Morgan fingerprint density at radius 3 is 2.52 bits per heavy atom. The van der Waals surface area contributed by atoms with Gasteiger partial charge in [-0.3, -0.25) is 4.79 Å². The number of hydrogen-bond donors (Lipinski definition) is 0. The molecular formula is C23H25NO5. The summed E-state index contributed by atoms with van der Waals surface area (Å²) in [4.78, 5) is 26.4. The highest BCUT2D eigenvalue weighted by Gasteiger charge is 2.20. The molecule has 0 bridgehead atoms. The molecule has 0 fully saturated rings. The maximum Gasteiger partial charge on any atom is 0.338 e. The molecule has 1 amide bonds. The van der Waals surface area contributed by atoms with E-state index in [9.17, 15) is 9.59 Å². The molecule has 2 aromatic carbocycles. The lowest BCUT2D eigenvalue weighted by Gasteiger charge is -2.26. The van der Waals surface area contributed by atoms with Crippen LogP contribution in [0, 0.1) is 0 Å². The normalized spacial score (nSPS) is 13.4. The van der Waals surface area contributed by atoms with Gasteiger partial charge in [0, 0.05) is 13.1 Å². The van der Waals surface area contributed by atoms with E-state index in [-0.39, 0.29) is 12.5 Å². The van der Waals surface area contributed by atoms with E-state index in [0.29, 0.717) is 36.8 Å². The van der Waals surface area contributed by atoms with E-state index < -0.39 is 5.97 Å². The summed E-state index contributed by atoms with van der Waals surface area (Å²) < 4.78 is 15.9. The molecule has 0 spiro atoms.